The molecule has 0 saturated carbocycles. The molecular weight excluding hydrogens is 549 g/mol. The summed E-state index contributed by atoms with van der Waals surface area (Å²) in [5, 5.41) is 2.94. The molecule has 218 valence electrons. The second kappa shape index (κ2) is 13.0. The van der Waals surface area contributed by atoms with Crippen LogP contribution in [0.25, 0.3) is 0 Å². The lowest BCUT2D eigenvalue weighted by atomic mass is 10.0. The molecule has 9 nitrogen and oxygen atoms in total. The fourth-order valence-corrected chi connectivity index (χ4v) is 5.30. The lowest BCUT2D eigenvalue weighted by molar-refractivity contribution is -0.140. The number of amides is 2. The molecule has 4 rings (SSSR count). The Morgan fingerprint density at radius 3 is 2.37 bits per heavy atom. The molecule has 1 heterocycles. The predicted molar refractivity (Wildman–Crippen MR) is 154 cm³/mol. The minimum atomic E-state index is -3.96. The molecule has 0 aliphatic carbocycles. The number of benzene rings is 3. The van der Waals surface area contributed by atoms with Gasteiger partial charge in [0.2, 0.25) is 28.6 Å². The standard InChI is InChI=1S/C30H34FN3O6S/c1-4-21(2)32-30(36)26(16-22-10-6-5-7-11-22)33(18-23-12-8-9-13-25(23)31)29(35)19-34(41(3,37)38)24-14-15-27-28(17-24)40-20-39-27/h5-15,17,21,26H,4,16,18-20H2,1-3H3,(H,32,36)/t21-,26-/m0/s1. The molecule has 11 heteroatoms. The zero-order valence-corrected chi connectivity index (χ0v) is 24.1. The summed E-state index contributed by atoms with van der Waals surface area (Å²) in [6.07, 6.45) is 1.80. The van der Waals surface area contributed by atoms with Crippen molar-refractivity contribution in [3.63, 3.8) is 0 Å². The first-order valence-electron chi connectivity index (χ1n) is 13.3. The van der Waals surface area contributed by atoms with E-state index < -0.39 is 40.2 Å². The minimum Gasteiger partial charge on any atom is -0.454 e. The molecular formula is C30H34FN3O6S. The second-order valence-electron chi connectivity index (χ2n) is 9.94. The number of carbonyl (C=O) groups is 2. The largest absolute Gasteiger partial charge is 0.454 e. The smallest absolute Gasteiger partial charge is 0.244 e. The monoisotopic (exact) mass is 583 g/mol. The topological polar surface area (TPSA) is 105 Å². The van der Waals surface area contributed by atoms with E-state index in [2.05, 4.69) is 5.32 Å². The van der Waals surface area contributed by atoms with Gasteiger partial charge >= 0.3 is 0 Å². The summed E-state index contributed by atoms with van der Waals surface area (Å²) >= 11 is 0. The highest BCUT2D eigenvalue weighted by Crippen LogP contribution is 2.36. The van der Waals surface area contributed by atoms with E-state index in [4.69, 9.17) is 9.47 Å². The van der Waals surface area contributed by atoms with Gasteiger partial charge in [-0.25, -0.2) is 12.8 Å². The number of fused-ring (bicyclic) bond motifs is 1. The Morgan fingerprint density at radius 1 is 1.00 bits per heavy atom. The summed E-state index contributed by atoms with van der Waals surface area (Å²) in [6, 6.07) is 18.5. The molecule has 0 fully saturated rings. The molecule has 0 bridgehead atoms. The third kappa shape index (κ3) is 7.55. The molecule has 41 heavy (non-hydrogen) atoms. The van der Waals surface area contributed by atoms with Crippen LogP contribution in [0.5, 0.6) is 11.5 Å². The number of nitrogens with zero attached hydrogens (tertiary/aromatic N) is 2. The number of halogens is 1. The van der Waals surface area contributed by atoms with Gasteiger partial charge in [0.15, 0.2) is 11.5 Å². The molecule has 2 atom stereocenters. The molecule has 0 aromatic heterocycles. The van der Waals surface area contributed by atoms with E-state index in [-0.39, 0.29) is 37.1 Å². The number of sulfonamides is 1. The predicted octanol–water partition coefficient (Wildman–Crippen LogP) is 3.88. The normalized spacial score (nSPS) is 13.8. The van der Waals surface area contributed by atoms with Gasteiger partial charge in [-0.1, -0.05) is 55.5 Å². The summed E-state index contributed by atoms with van der Waals surface area (Å²) in [7, 11) is -3.96. The van der Waals surface area contributed by atoms with Crippen molar-refractivity contribution in [2.45, 2.75) is 45.3 Å². The number of hydrogen-bond acceptors (Lipinski definition) is 6. The molecule has 1 aliphatic rings. The summed E-state index contributed by atoms with van der Waals surface area (Å²) < 4.78 is 52.4. The van der Waals surface area contributed by atoms with Crippen molar-refractivity contribution in [1.82, 2.24) is 10.2 Å². The highest BCUT2D eigenvalue weighted by atomic mass is 32.2. The second-order valence-corrected chi connectivity index (χ2v) is 11.9. The third-order valence-corrected chi connectivity index (χ3v) is 8.03. The van der Waals surface area contributed by atoms with Crippen molar-refractivity contribution < 1.29 is 31.9 Å². The number of hydrogen-bond donors (Lipinski definition) is 1. The van der Waals surface area contributed by atoms with Gasteiger partial charge in [0, 0.05) is 30.6 Å². The van der Waals surface area contributed by atoms with Crippen LogP contribution in [0.3, 0.4) is 0 Å². The zero-order valence-electron chi connectivity index (χ0n) is 23.2. The summed E-state index contributed by atoms with van der Waals surface area (Å²) in [6.45, 7) is 2.92. The first-order chi connectivity index (χ1) is 19.6. The molecule has 3 aromatic carbocycles. The quantitative estimate of drug-likeness (QED) is 0.347. The maximum absolute atomic E-state index is 14.8. The molecule has 1 N–H and O–H groups in total. The fraction of sp³-hybridized carbons (Fsp3) is 0.333. The Bertz CT molecular complexity index is 1480. The number of anilines is 1. The molecule has 2 amide bonds. The van der Waals surface area contributed by atoms with Crippen molar-refractivity contribution in [2.75, 3.05) is 23.9 Å². The number of rotatable bonds is 12. The molecule has 0 spiro atoms. The molecule has 0 radical (unpaired) electrons. The van der Waals surface area contributed by atoms with Crippen LogP contribution in [-0.4, -0.2) is 56.8 Å². The van der Waals surface area contributed by atoms with Crippen molar-refractivity contribution in [2.24, 2.45) is 0 Å². The first kappa shape index (κ1) is 29.9. The average Bonchev–Trinajstić information content (AvgIpc) is 3.42. The Kier molecular flexibility index (Phi) is 9.49. The van der Waals surface area contributed by atoms with Crippen LogP contribution in [0.2, 0.25) is 0 Å². The zero-order chi connectivity index (χ0) is 29.6. The fourth-order valence-electron chi connectivity index (χ4n) is 4.46. The highest BCUT2D eigenvalue weighted by Gasteiger charge is 2.34. The summed E-state index contributed by atoms with van der Waals surface area (Å²) in [4.78, 5) is 29.0. The first-order valence-corrected chi connectivity index (χ1v) is 15.2. The lowest BCUT2D eigenvalue weighted by Crippen LogP contribution is -2.54. The number of carbonyl (C=O) groups excluding carboxylic acids is 2. The van der Waals surface area contributed by atoms with Crippen LogP contribution in [-0.2, 0) is 32.6 Å². The van der Waals surface area contributed by atoms with Crippen LogP contribution in [0, 0.1) is 5.82 Å². The van der Waals surface area contributed by atoms with Gasteiger partial charge in [0.05, 0.1) is 11.9 Å². The van der Waals surface area contributed by atoms with Gasteiger partial charge < -0.3 is 19.7 Å². The Labute approximate surface area is 239 Å². The molecule has 0 saturated heterocycles. The van der Waals surface area contributed by atoms with E-state index in [9.17, 15) is 22.4 Å². The highest BCUT2D eigenvalue weighted by molar-refractivity contribution is 7.92. The lowest BCUT2D eigenvalue weighted by Gasteiger charge is -2.34. The van der Waals surface area contributed by atoms with Crippen molar-refractivity contribution in [3.05, 3.63) is 89.7 Å². The number of nitrogens with one attached hydrogen (secondary N) is 1. The van der Waals surface area contributed by atoms with Crippen LogP contribution in [0.15, 0.2) is 72.8 Å². The summed E-state index contributed by atoms with van der Waals surface area (Å²) in [5.74, 6) is -0.818. The maximum atomic E-state index is 14.8. The molecule has 0 unspecified atom stereocenters. The van der Waals surface area contributed by atoms with Gasteiger partial charge in [0.25, 0.3) is 0 Å². The SMILES string of the molecule is CC[C@H](C)NC(=O)[C@H](Cc1ccccc1)N(Cc1ccccc1F)C(=O)CN(c1ccc2c(c1)OCO2)S(C)(=O)=O. The van der Waals surface area contributed by atoms with Crippen LogP contribution in [0.4, 0.5) is 10.1 Å². The van der Waals surface area contributed by atoms with Crippen molar-refractivity contribution in [3.8, 4) is 11.5 Å². The van der Waals surface area contributed by atoms with E-state index in [1.54, 1.807) is 12.1 Å². The van der Waals surface area contributed by atoms with Crippen LogP contribution in [0.1, 0.15) is 31.4 Å². The van der Waals surface area contributed by atoms with Gasteiger partial charge in [-0.3, -0.25) is 13.9 Å². The van der Waals surface area contributed by atoms with Crippen molar-refractivity contribution in [1.29, 1.82) is 0 Å². The van der Waals surface area contributed by atoms with E-state index in [1.165, 1.54) is 35.2 Å². The molecule has 3 aromatic rings. The number of ether oxygens (including phenoxy) is 2. The minimum absolute atomic E-state index is 0.000526. The Hall–Kier alpha value is -4.12. The Balaban J connectivity index is 1.74. The van der Waals surface area contributed by atoms with E-state index in [1.807, 2.05) is 44.2 Å². The van der Waals surface area contributed by atoms with Crippen LogP contribution >= 0.6 is 0 Å². The van der Waals surface area contributed by atoms with E-state index in [0.717, 1.165) is 16.1 Å². The van der Waals surface area contributed by atoms with Gasteiger partial charge in [-0.05, 0) is 37.1 Å². The van der Waals surface area contributed by atoms with Crippen molar-refractivity contribution >= 4 is 27.5 Å². The average molecular weight is 584 g/mol. The van der Waals surface area contributed by atoms with Gasteiger partial charge in [0.1, 0.15) is 18.4 Å². The van der Waals surface area contributed by atoms with Gasteiger partial charge in [-0.15, -0.1) is 0 Å². The van der Waals surface area contributed by atoms with Gasteiger partial charge in [-0.2, -0.15) is 0 Å². The third-order valence-electron chi connectivity index (χ3n) is 6.89. The van der Waals surface area contributed by atoms with E-state index >= 15 is 0 Å². The molecule has 1 aliphatic heterocycles. The van der Waals surface area contributed by atoms with Crippen LogP contribution < -0.4 is 19.1 Å². The summed E-state index contributed by atoms with van der Waals surface area (Å²) in [5.41, 5.74) is 1.18. The maximum Gasteiger partial charge on any atom is 0.244 e. The van der Waals surface area contributed by atoms with E-state index in [0.29, 0.717) is 17.9 Å². The Morgan fingerprint density at radius 2 is 1.68 bits per heavy atom.